The van der Waals surface area contributed by atoms with Gasteiger partial charge in [0, 0.05) is 24.9 Å². The van der Waals surface area contributed by atoms with E-state index in [2.05, 4.69) is 9.71 Å². The Bertz CT molecular complexity index is 541. The number of nitrogens with zero attached hydrogens (tertiary/aromatic N) is 1. The first-order valence-electron chi connectivity index (χ1n) is 5.74. The summed E-state index contributed by atoms with van der Waals surface area (Å²) in [4.78, 5) is 4.12. The summed E-state index contributed by atoms with van der Waals surface area (Å²) in [7, 11) is -1.66. The third kappa shape index (κ3) is 5.71. The number of phenols is 1. The second-order valence-corrected chi connectivity index (χ2v) is 5.79. The number of hydrogen-bond acceptors (Lipinski definition) is 5. The van der Waals surface area contributed by atoms with Gasteiger partial charge in [-0.25, -0.2) is 13.1 Å². The van der Waals surface area contributed by atoms with Crippen LogP contribution in [0.15, 0.2) is 23.2 Å². The van der Waals surface area contributed by atoms with Crippen LogP contribution in [0.4, 0.5) is 0 Å². The number of phenolic OH excluding ortho intramolecular Hbond substituents is 1. The zero-order chi connectivity index (χ0) is 14.3. The Morgan fingerprint density at radius 1 is 1.47 bits per heavy atom. The van der Waals surface area contributed by atoms with Gasteiger partial charge >= 0.3 is 0 Å². The van der Waals surface area contributed by atoms with Crippen LogP contribution in [0.5, 0.6) is 11.5 Å². The first-order chi connectivity index (χ1) is 8.94. The van der Waals surface area contributed by atoms with Crippen LogP contribution in [-0.4, -0.2) is 46.2 Å². The highest BCUT2D eigenvalue weighted by molar-refractivity contribution is 7.88. The van der Waals surface area contributed by atoms with Gasteiger partial charge in [-0.1, -0.05) is 6.07 Å². The summed E-state index contributed by atoms with van der Waals surface area (Å²) < 4.78 is 29.0. The molecule has 0 aromatic heterocycles. The van der Waals surface area contributed by atoms with Crippen molar-refractivity contribution in [3.63, 3.8) is 0 Å². The van der Waals surface area contributed by atoms with Gasteiger partial charge in [0.1, 0.15) is 0 Å². The van der Waals surface area contributed by atoms with E-state index in [0.717, 1.165) is 6.26 Å². The Hall–Kier alpha value is -1.60. The van der Waals surface area contributed by atoms with Crippen molar-refractivity contribution in [2.45, 2.75) is 6.42 Å². The Morgan fingerprint density at radius 3 is 2.84 bits per heavy atom. The molecule has 0 fully saturated rings. The van der Waals surface area contributed by atoms with Gasteiger partial charge < -0.3 is 9.84 Å². The van der Waals surface area contributed by atoms with Gasteiger partial charge in [-0.05, 0) is 18.6 Å². The van der Waals surface area contributed by atoms with E-state index in [1.54, 1.807) is 18.2 Å². The SMILES string of the molecule is COc1cccc(C=NCCCNS(C)(=O)=O)c1O. The van der Waals surface area contributed by atoms with Crippen LogP contribution in [0.3, 0.4) is 0 Å². The molecule has 19 heavy (non-hydrogen) atoms. The molecule has 6 nitrogen and oxygen atoms in total. The van der Waals surface area contributed by atoms with Crippen LogP contribution in [0, 0.1) is 0 Å². The minimum atomic E-state index is -3.14. The van der Waals surface area contributed by atoms with E-state index in [1.165, 1.54) is 13.3 Å². The molecular weight excluding hydrogens is 268 g/mol. The number of hydrogen-bond donors (Lipinski definition) is 2. The number of para-hydroxylation sites is 1. The van der Waals surface area contributed by atoms with Gasteiger partial charge in [-0.15, -0.1) is 0 Å². The first kappa shape index (κ1) is 15.5. The van der Waals surface area contributed by atoms with Crippen molar-refractivity contribution in [1.82, 2.24) is 4.72 Å². The van der Waals surface area contributed by atoms with Gasteiger partial charge in [0.05, 0.1) is 13.4 Å². The maximum absolute atomic E-state index is 10.8. The van der Waals surface area contributed by atoms with Crippen LogP contribution in [0.25, 0.3) is 0 Å². The molecule has 0 aliphatic carbocycles. The summed E-state index contributed by atoms with van der Waals surface area (Å²) in [5, 5.41) is 9.79. The lowest BCUT2D eigenvalue weighted by Crippen LogP contribution is -2.23. The molecule has 0 spiro atoms. The minimum Gasteiger partial charge on any atom is -0.504 e. The number of aromatic hydroxyl groups is 1. The standard InChI is InChI=1S/C12H18N2O4S/c1-18-11-6-3-5-10(12(11)15)9-13-7-4-8-14-19(2,16)17/h3,5-6,9,14-15H,4,7-8H2,1-2H3. The molecule has 0 unspecified atom stereocenters. The molecular formula is C12H18N2O4S. The second kappa shape index (κ2) is 7.10. The molecule has 0 aliphatic rings. The van der Waals surface area contributed by atoms with Crippen LogP contribution in [0.1, 0.15) is 12.0 Å². The van der Waals surface area contributed by atoms with E-state index in [1.807, 2.05) is 0 Å². The number of benzene rings is 1. The van der Waals surface area contributed by atoms with E-state index < -0.39 is 10.0 Å². The highest BCUT2D eigenvalue weighted by Gasteiger charge is 2.04. The fourth-order valence-corrected chi connectivity index (χ4v) is 1.91. The van der Waals surface area contributed by atoms with Gasteiger partial charge in [-0.2, -0.15) is 0 Å². The zero-order valence-corrected chi connectivity index (χ0v) is 11.8. The predicted octanol–water partition coefficient (Wildman–Crippen LogP) is 0.759. The smallest absolute Gasteiger partial charge is 0.208 e. The monoisotopic (exact) mass is 286 g/mol. The summed E-state index contributed by atoms with van der Waals surface area (Å²) >= 11 is 0. The minimum absolute atomic E-state index is 0.0445. The fraction of sp³-hybridized carbons (Fsp3) is 0.417. The number of nitrogens with one attached hydrogen (secondary N) is 1. The third-order valence-electron chi connectivity index (χ3n) is 2.31. The highest BCUT2D eigenvalue weighted by atomic mass is 32.2. The number of ether oxygens (including phenoxy) is 1. The lowest BCUT2D eigenvalue weighted by molar-refractivity contribution is 0.373. The number of rotatable bonds is 7. The van der Waals surface area contributed by atoms with Crippen molar-refractivity contribution < 1.29 is 18.3 Å². The van der Waals surface area contributed by atoms with E-state index >= 15 is 0 Å². The maximum atomic E-state index is 10.8. The zero-order valence-electron chi connectivity index (χ0n) is 11.0. The Balaban J connectivity index is 2.45. The molecule has 106 valence electrons. The molecule has 1 rings (SSSR count). The van der Waals surface area contributed by atoms with Crippen molar-refractivity contribution in [2.75, 3.05) is 26.5 Å². The van der Waals surface area contributed by atoms with Crippen LogP contribution in [-0.2, 0) is 10.0 Å². The Kier molecular flexibility index (Phi) is 5.78. The summed E-state index contributed by atoms with van der Waals surface area (Å²) in [6, 6.07) is 5.13. The number of methoxy groups -OCH3 is 1. The molecule has 2 N–H and O–H groups in total. The third-order valence-corrected chi connectivity index (χ3v) is 3.04. The van der Waals surface area contributed by atoms with E-state index in [9.17, 15) is 13.5 Å². The largest absolute Gasteiger partial charge is 0.504 e. The van der Waals surface area contributed by atoms with E-state index in [-0.39, 0.29) is 5.75 Å². The summed E-state index contributed by atoms with van der Waals surface area (Å²) in [6.07, 6.45) is 3.25. The van der Waals surface area contributed by atoms with Gasteiger partial charge in [0.15, 0.2) is 11.5 Å². The number of aliphatic imine (C=N–C) groups is 1. The lowest BCUT2D eigenvalue weighted by atomic mass is 10.2. The first-order valence-corrected chi connectivity index (χ1v) is 7.63. The Labute approximate surface area is 113 Å². The van der Waals surface area contributed by atoms with Gasteiger partial charge in [0.2, 0.25) is 10.0 Å². The second-order valence-electron chi connectivity index (χ2n) is 3.95. The van der Waals surface area contributed by atoms with E-state index in [4.69, 9.17) is 4.74 Å². The molecule has 0 amide bonds. The van der Waals surface area contributed by atoms with Crippen molar-refractivity contribution in [2.24, 2.45) is 4.99 Å². The van der Waals surface area contributed by atoms with E-state index in [0.29, 0.717) is 30.8 Å². The van der Waals surface area contributed by atoms with Crippen molar-refractivity contribution >= 4 is 16.2 Å². The predicted molar refractivity (Wildman–Crippen MR) is 74.6 cm³/mol. The quantitative estimate of drug-likeness (QED) is 0.572. The van der Waals surface area contributed by atoms with Gasteiger partial charge in [0.25, 0.3) is 0 Å². The molecule has 0 atom stereocenters. The molecule has 0 bridgehead atoms. The maximum Gasteiger partial charge on any atom is 0.208 e. The Morgan fingerprint density at radius 2 is 2.21 bits per heavy atom. The fourth-order valence-electron chi connectivity index (χ4n) is 1.40. The average Bonchev–Trinajstić information content (AvgIpc) is 2.34. The molecule has 0 saturated carbocycles. The molecule has 0 radical (unpaired) electrons. The molecule has 1 aromatic rings. The summed E-state index contributed by atoms with van der Waals surface area (Å²) in [6.45, 7) is 0.819. The highest BCUT2D eigenvalue weighted by Crippen LogP contribution is 2.27. The normalized spacial score (nSPS) is 11.9. The van der Waals surface area contributed by atoms with Crippen molar-refractivity contribution in [3.8, 4) is 11.5 Å². The van der Waals surface area contributed by atoms with Crippen LogP contribution >= 0.6 is 0 Å². The van der Waals surface area contributed by atoms with Crippen LogP contribution in [0.2, 0.25) is 0 Å². The summed E-state index contributed by atoms with van der Waals surface area (Å²) in [5.41, 5.74) is 0.565. The van der Waals surface area contributed by atoms with Gasteiger partial charge in [-0.3, -0.25) is 4.99 Å². The molecule has 7 heteroatoms. The molecule has 1 aromatic carbocycles. The van der Waals surface area contributed by atoms with Crippen LogP contribution < -0.4 is 9.46 Å². The molecule has 0 heterocycles. The number of sulfonamides is 1. The van der Waals surface area contributed by atoms with Crippen molar-refractivity contribution in [1.29, 1.82) is 0 Å². The summed E-state index contributed by atoms with van der Waals surface area (Å²) in [5.74, 6) is 0.436. The molecule has 0 aliphatic heterocycles. The average molecular weight is 286 g/mol. The molecule has 0 saturated heterocycles. The topological polar surface area (TPSA) is 88.0 Å². The van der Waals surface area contributed by atoms with Crippen molar-refractivity contribution in [3.05, 3.63) is 23.8 Å². The lowest BCUT2D eigenvalue weighted by Gasteiger charge is -2.04.